The lowest BCUT2D eigenvalue weighted by molar-refractivity contribution is -0.836. The first-order valence-corrected chi connectivity index (χ1v) is 26.9. The van der Waals surface area contributed by atoms with Gasteiger partial charge in [-0.25, -0.2) is 31.3 Å². The van der Waals surface area contributed by atoms with Crippen LogP contribution in [0.3, 0.4) is 0 Å². The molecule has 65 heavy (non-hydrogen) atoms. The molecule has 5 fully saturated rings. The van der Waals surface area contributed by atoms with Crippen LogP contribution in [0, 0.1) is 0 Å². The Morgan fingerprint density at radius 2 is 1.14 bits per heavy atom. The minimum absolute atomic E-state index is 0. The van der Waals surface area contributed by atoms with Crippen molar-refractivity contribution in [3.63, 3.8) is 0 Å². The molecule has 2 amide bonds. The zero-order chi connectivity index (χ0) is 44.9. The fourth-order valence-electron chi connectivity index (χ4n) is 10.8. The molecule has 3 aromatic rings. The Labute approximate surface area is 403 Å². The molecule has 1 aromatic heterocycles. The lowest BCUT2D eigenvalue weighted by atomic mass is 9.83. The van der Waals surface area contributed by atoms with Crippen molar-refractivity contribution in [2.75, 3.05) is 71.4 Å². The van der Waals surface area contributed by atoms with Crippen molar-refractivity contribution in [1.29, 1.82) is 0 Å². The third-order valence-electron chi connectivity index (χ3n) is 14.1. The summed E-state index contributed by atoms with van der Waals surface area (Å²) in [5.74, 6) is -0.306. The van der Waals surface area contributed by atoms with Crippen molar-refractivity contribution >= 4 is 55.1 Å². The molecule has 0 radical (unpaired) electrons. The van der Waals surface area contributed by atoms with Gasteiger partial charge in [-0.15, -0.1) is 0 Å². The van der Waals surface area contributed by atoms with E-state index in [0.29, 0.717) is 35.1 Å². The van der Waals surface area contributed by atoms with Crippen LogP contribution < -0.4 is 21.9 Å². The number of carbonyl (C=O) groups is 2. The molecule has 0 aliphatic carbocycles. The van der Waals surface area contributed by atoms with Crippen LogP contribution in [-0.4, -0.2) is 157 Å². The van der Waals surface area contributed by atoms with Crippen LogP contribution in [0.5, 0.6) is 0 Å². The molecule has 6 heterocycles. The maximum absolute atomic E-state index is 13.5. The predicted molar refractivity (Wildman–Crippen MR) is 252 cm³/mol. The maximum Gasteiger partial charge on any atom is 0.241 e. The number of piperidine rings is 4. The minimum atomic E-state index is -3.56. The average Bonchev–Trinajstić information content (AvgIpc) is 3.52. The molecule has 2 spiro atoms. The van der Waals surface area contributed by atoms with Crippen molar-refractivity contribution in [1.82, 2.24) is 38.9 Å². The number of rotatable bonds is 13. The van der Waals surface area contributed by atoms with Crippen molar-refractivity contribution in [3.8, 4) is 0 Å². The molecular weight excluding hydrogens is 933 g/mol. The third kappa shape index (κ3) is 13.9. The lowest BCUT2D eigenvalue weighted by Gasteiger charge is -2.50. The number of amides is 2. The molecule has 5 saturated heterocycles. The quantitative estimate of drug-likeness (QED) is 0.192. The van der Waals surface area contributed by atoms with E-state index in [1.165, 1.54) is 62.6 Å². The Hall–Kier alpha value is -2.87. The van der Waals surface area contributed by atoms with E-state index in [9.17, 15) is 26.4 Å². The molecule has 5 aliphatic rings. The van der Waals surface area contributed by atoms with Gasteiger partial charge in [-0.2, -0.15) is 5.10 Å². The van der Waals surface area contributed by atoms with Crippen LogP contribution >= 0.6 is 23.2 Å². The summed E-state index contributed by atoms with van der Waals surface area (Å²) in [6.45, 7) is 9.30. The first-order valence-electron chi connectivity index (χ1n) is 22.4. The molecule has 5 aliphatic heterocycles. The SMILES string of the molecule is C.CS(=O)(=O)N[C@H](Cc1ccc(Cl)cc1)C(=O)N1CCC(Cn2cncn2)(N2CCCCC2)CC1.CS(=O)(=O)N[C@H](Cc1ccc(Cl)cc1)C(=O)N1CCC2(CC1)C[N+]21CCCCC1.[Cl-]. The zero-order valence-electron chi connectivity index (χ0n) is 37.0. The fraction of sp³-hybridized carbons (Fsp3) is 0.644. The van der Waals surface area contributed by atoms with Crippen molar-refractivity contribution in [3.05, 3.63) is 82.4 Å². The molecule has 0 bridgehead atoms. The topological polar surface area (TPSA) is 167 Å². The van der Waals surface area contributed by atoms with Gasteiger partial charge in [0.25, 0.3) is 0 Å². The Balaban J connectivity index is 0.000000239. The van der Waals surface area contributed by atoms with Crippen LogP contribution in [0.25, 0.3) is 0 Å². The normalized spacial score (nSPS) is 21.2. The first-order chi connectivity index (χ1) is 30.0. The Morgan fingerprint density at radius 3 is 1.57 bits per heavy atom. The monoisotopic (exact) mass is 999 g/mol. The van der Waals surface area contributed by atoms with Gasteiger partial charge < -0.3 is 26.7 Å². The highest BCUT2D eigenvalue weighted by Crippen LogP contribution is 2.52. The Bertz CT molecular complexity index is 2230. The van der Waals surface area contributed by atoms with E-state index in [0.717, 1.165) is 82.0 Å². The van der Waals surface area contributed by atoms with Crippen molar-refractivity contribution in [2.24, 2.45) is 0 Å². The summed E-state index contributed by atoms with van der Waals surface area (Å²) in [4.78, 5) is 37.0. The van der Waals surface area contributed by atoms with Crippen LogP contribution in [0.4, 0.5) is 0 Å². The van der Waals surface area contributed by atoms with Gasteiger partial charge >= 0.3 is 0 Å². The molecule has 0 saturated carbocycles. The second-order valence-electron chi connectivity index (χ2n) is 18.6. The highest BCUT2D eigenvalue weighted by atomic mass is 35.5. The summed E-state index contributed by atoms with van der Waals surface area (Å²) >= 11 is 11.9. The Morgan fingerprint density at radius 1 is 0.692 bits per heavy atom. The number of halogens is 3. The minimum Gasteiger partial charge on any atom is -1.00 e. The largest absolute Gasteiger partial charge is 1.00 e. The summed E-state index contributed by atoms with van der Waals surface area (Å²) in [6.07, 6.45) is 17.4. The maximum atomic E-state index is 13.5. The van der Waals surface area contributed by atoms with E-state index >= 15 is 0 Å². The van der Waals surface area contributed by atoms with E-state index in [-0.39, 0.29) is 43.6 Å². The third-order valence-corrected chi connectivity index (χ3v) is 16.1. The molecule has 0 unspecified atom stereocenters. The Kier molecular flexibility index (Phi) is 18.4. The van der Waals surface area contributed by atoms with Crippen molar-refractivity contribution < 1.29 is 43.3 Å². The number of nitrogens with zero attached hydrogens (tertiary/aromatic N) is 7. The van der Waals surface area contributed by atoms with Crippen molar-refractivity contribution in [2.45, 2.75) is 114 Å². The van der Waals surface area contributed by atoms with Gasteiger partial charge in [-0.1, -0.05) is 61.3 Å². The summed E-state index contributed by atoms with van der Waals surface area (Å²) in [6, 6.07) is 12.7. The number of sulfonamides is 2. The van der Waals surface area contributed by atoms with Gasteiger partial charge in [-0.3, -0.25) is 19.2 Å². The van der Waals surface area contributed by atoms with E-state index in [2.05, 4.69) is 24.4 Å². The number of hydrogen-bond acceptors (Lipinski definition) is 9. The number of likely N-dealkylation sites (tertiary alicyclic amines) is 3. The fourth-order valence-corrected chi connectivity index (χ4v) is 12.4. The zero-order valence-corrected chi connectivity index (χ0v) is 40.9. The summed E-state index contributed by atoms with van der Waals surface area (Å²) in [5, 5.41) is 5.55. The van der Waals surface area contributed by atoms with E-state index in [1.54, 1.807) is 36.9 Å². The molecule has 2 atom stereocenters. The molecule has 20 heteroatoms. The molecule has 8 rings (SSSR count). The van der Waals surface area contributed by atoms with Gasteiger partial charge in [0.15, 0.2) is 5.54 Å². The number of fused-ring (bicyclic) bond motifs is 1. The van der Waals surface area contributed by atoms with Crippen LogP contribution in [0.15, 0.2) is 61.2 Å². The standard InChI is InChI=1S/C23H33ClN6O3S.C21H31ClN3O3S.CH4.ClH/c1-34(32,33)27-21(15-19-5-7-20(24)8-6-19)22(31)28-13-9-23(10-14-28,16-30-18-25-17-26-30)29-11-3-2-4-12-29;1-29(27,28)23-19(15-17-5-7-18(22)8-6-17)20(26)24-11-9-21(10-12-24)16-25(21)13-3-2-4-14-25;;/h5-8,17-18,21,27H,2-4,9-16H2,1H3;5-8,19,23H,2-4,9-16H2,1H3;1H4;1H/q;+1;;/p-1/t21-;19-;;/m11../s1. The van der Waals surface area contributed by atoms with Crippen LogP contribution in [0.2, 0.25) is 10.0 Å². The van der Waals surface area contributed by atoms with Crippen LogP contribution in [-0.2, 0) is 49.0 Å². The highest BCUT2D eigenvalue weighted by molar-refractivity contribution is 7.89. The molecule has 2 aromatic carbocycles. The van der Waals surface area contributed by atoms with E-state index in [1.807, 2.05) is 38.7 Å². The van der Waals surface area contributed by atoms with E-state index < -0.39 is 32.1 Å². The number of aromatic nitrogens is 3. The number of benzene rings is 2. The predicted octanol–water partition coefficient (Wildman–Crippen LogP) is 1.76. The summed E-state index contributed by atoms with van der Waals surface area (Å²) < 4.78 is 56.1. The summed E-state index contributed by atoms with van der Waals surface area (Å²) in [7, 11) is -7.05. The van der Waals surface area contributed by atoms with E-state index in [4.69, 9.17) is 23.2 Å². The first kappa shape index (κ1) is 53.1. The number of hydrogen-bond donors (Lipinski definition) is 2. The van der Waals surface area contributed by atoms with Gasteiger partial charge in [0, 0.05) is 54.6 Å². The number of quaternary nitrogens is 1. The van der Waals surface area contributed by atoms with Gasteiger partial charge in [0.1, 0.15) is 31.3 Å². The second-order valence-corrected chi connectivity index (χ2v) is 23.0. The highest BCUT2D eigenvalue weighted by Gasteiger charge is 2.69. The second kappa shape index (κ2) is 22.5. The number of carbonyl (C=O) groups excluding carboxylic acids is 2. The molecule has 15 nitrogen and oxygen atoms in total. The number of nitrogens with one attached hydrogen (secondary N) is 2. The molecule has 362 valence electrons. The van der Waals surface area contributed by atoms with Gasteiger partial charge in [0.2, 0.25) is 31.9 Å². The lowest BCUT2D eigenvalue weighted by Crippen LogP contribution is -3.00. The molecule has 2 N–H and O–H groups in total. The average molecular weight is 1000 g/mol. The molecular formula is C45H68Cl3N9O6S2. The van der Waals surface area contributed by atoms with Crippen LogP contribution in [0.1, 0.15) is 82.8 Å². The summed E-state index contributed by atoms with van der Waals surface area (Å²) in [5.41, 5.74) is 2.04. The smallest absolute Gasteiger partial charge is 0.241 e. The van der Waals surface area contributed by atoms with Gasteiger partial charge in [0.05, 0.1) is 32.1 Å². The van der Waals surface area contributed by atoms with Gasteiger partial charge in [-0.05, 0) is 106 Å².